The first kappa shape index (κ1) is 21.0. The summed E-state index contributed by atoms with van der Waals surface area (Å²) >= 11 is 0. The summed E-state index contributed by atoms with van der Waals surface area (Å²) in [7, 11) is -3.26. The third-order valence-corrected chi connectivity index (χ3v) is 6.38. The molecule has 1 aliphatic rings. The maximum atomic E-state index is 12.6. The molecule has 1 unspecified atom stereocenters. The molecule has 3 rings (SSSR count). The second-order valence-corrected chi connectivity index (χ2v) is 8.73. The lowest BCUT2D eigenvalue weighted by molar-refractivity contribution is -0.137. The molecule has 0 aliphatic carbocycles. The van der Waals surface area contributed by atoms with Crippen molar-refractivity contribution in [1.29, 1.82) is 0 Å². The van der Waals surface area contributed by atoms with Crippen molar-refractivity contribution >= 4 is 33.0 Å². The quantitative estimate of drug-likeness (QED) is 0.763. The van der Waals surface area contributed by atoms with E-state index >= 15 is 0 Å². The van der Waals surface area contributed by atoms with Gasteiger partial charge in [-0.1, -0.05) is 0 Å². The van der Waals surface area contributed by atoms with E-state index in [-0.39, 0.29) is 11.4 Å². The molecule has 1 atom stereocenters. The number of nitrogens with one attached hydrogen (secondary N) is 2. The van der Waals surface area contributed by atoms with E-state index in [2.05, 4.69) is 10.6 Å². The minimum atomic E-state index is -4.43. The molecule has 0 saturated carbocycles. The molecule has 1 aliphatic heterocycles. The zero-order valence-corrected chi connectivity index (χ0v) is 16.3. The van der Waals surface area contributed by atoms with Crippen LogP contribution < -0.4 is 14.9 Å². The molecule has 29 heavy (non-hydrogen) atoms. The van der Waals surface area contributed by atoms with Crippen LogP contribution in [-0.4, -0.2) is 32.7 Å². The molecule has 0 radical (unpaired) electrons. The Morgan fingerprint density at radius 3 is 2.14 bits per heavy atom. The van der Waals surface area contributed by atoms with Gasteiger partial charge in [0.25, 0.3) is 0 Å². The third kappa shape index (κ3) is 5.00. The largest absolute Gasteiger partial charge is 0.416 e. The van der Waals surface area contributed by atoms with E-state index in [1.54, 1.807) is 31.2 Å². The highest BCUT2D eigenvalue weighted by Gasteiger charge is 2.30. The molecule has 2 aromatic rings. The van der Waals surface area contributed by atoms with Crippen molar-refractivity contribution in [2.45, 2.75) is 25.6 Å². The second kappa shape index (κ2) is 7.94. The Kier molecular flexibility index (Phi) is 5.74. The Bertz CT molecular complexity index is 974. The first-order chi connectivity index (χ1) is 13.6. The summed E-state index contributed by atoms with van der Waals surface area (Å²) in [6.45, 7) is 2.05. The van der Waals surface area contributed by atoms with Gasteiger partial charge in [-0.25, -0.2) is 8.42 Å². The molecule has 1 saturated heterocycles. The van der Waals surface area contributed by atoms with Crippen LogP contribution in [0.4, 0.5) is 30.2 Å². The average Bonchev–Trinajstić information content (AvgIpc) is 3.01. The van der Waals surface area contributed by atoms with Gasteiger partial charge < -0.3 is 10.6 Å². The lowest BCUT2D eigenvalue weighted by atomic mass is 10.2. The molecular formula is C19H20F3N3O3S. The van der Waals surface area contributed by atoms with Gasteiger partial charge in [-0.3, -0.25) is 9.10 Å². The van der Waals surface area contributed by atoms with Crippen LogP contribution in [0.5, 0.6) is 0 Å². The van der Waals surface area contributed by atoms with Crippen LogP contribution >= 0.6 is 0 Å². The standard InChI is InChI=1S/C19H20F3N3O3S/c1-13(18(26)24-16-5-3-14(4-6-16)19(20,21)22)23-15-7-9-17(10-8-15)25-11-2-12-29(25,27)28/h3-10,13,23H,2,11-12H2,1H3,(H,24,26). The van der Waals surface area contributed by atoms with Crippen LogP contribution in [0.15, 0.2) is 48.5 Å². The fraction of sp³-hybridized carbons (Fsp3) is 0.316. The maximum Gasteiger partial charge on any atom is 0.416 e. The molecule has 1 heterocycles. The number of halogens is 3. The lowest BCUT2D eigenvalue weighted by Gasteiger charge is -2.19. The van der Waals surface area contributed by atoms with Gasteiger partial charge in [0.15, 0.2) is 0 Å². The smallest absolute Gasteiger partial charge is 0.374 e. The predicted octanol–water partition coefficient (Wildman–Crippen LogP) is 3.68. The molecule has 156 valence electrons. The van der Waals surface area contributed by atoms with Crippen molar-refractivity contribution in [3.05, 3.63) is 54.1 Å². The monoisotopic (exact) mass is 427 g/mol. The number of nitrogens with zero attached hydrogens (tertiary/aromatic N) is 1. The Balaban J connectivity index is 1.59. The molecule has 0 spiro atoms. The van der Waals surface area contributed by atoms with E-state index in [0.717, 1.165) is 12.1 Å². The van der Waals surface area contributed by atoms with E-state index < -0.39 is 33.7 Å². The summed E-state index contributed by atoms with van der Waals surface area (Å²) in [6.07, 6.45) is -3.85. The van der Waals surface area contributed by atoms with Crippen LogP contribution in [0, 0.1) is 0 Å². The van der Waals surface area contributed by atoms with Gasteiger partial charge in [-0.15, -0.1) is 0 Å². The van der Waals surface area contributed by atoms with Crippen molar-refractivity contribution in [3.8, 4) is 0 Å². The Hall–Kier alpha value is -2.75. The van der Waals surface area contributed by atoms with Crippen LogP contribution in [0.2, 0.25) is 0 Å². The lowest BCUT2D eigenvalue weighted by Crippen LogP contribution is -2.32. The van der Waals surface area contributed by atoms with E-state index in [1.807, 2.05) is 0 Å². The normalized spacial score (nSPS) is 17.0. The molecule has 0 bridgehead atoms. The van der Waals surface area contributed by atoms with Gasteiger partial charge in [0.05, 0.1) is 17.0 Å². The number of rotatable bonds is 5. The molecule has 1 fully saturated rings. The third-order valence-electron chi connectivity index (χ3n) is 4.51. The average molecular weight is 427 g/mol. The summed E-state index contributed by atoms with van der Waals surface area (Å²) in [5, 5.41) is 5.53. The van der Waals surface area contributed by atoms with E-state index in [9.17, 15) is 26.4 Å². The number of hydrogen-bond donors (Lipinski definition) is 2. The zero-order valence-electron chi connectivity index (χ0n) is 15.5. The predicted molar refractivity (Wildman–Crippen MR) is 105 cm³/mol. The number of benzene rings is 2. The molecule has 1 amide bonds. The summed E-state index contributed by atoms with van der Waals surface area (Å²) in [5.74, 6) is -0.287. The maximum absolute atomic E-state index is 12.6. The van der Waals surface area contributed by atoms with Gasteiger partial charge >= 0.3 is 6.18 Å². The first-order valence-corrected chi connectivity index (χ1v) is 10.5. The first-order valence-electron chi connectivity index (χ1n) is 8.91. The number of sulfonamides is 1. The van der Waals surface area contributed by atoms with E-state index in [0.29, 0.717) is 24.3 Å². The highest BCUT2D eigenvalue weighted by molar-refractivity contribution is 7.93. The van der Waals surface area contributed by atoms with Gasteiger partial charge in [-0.05, 0) is 61.9 Å². The van der Waals surface area contributed by atoms with E-state index in [4.69, 9.17) is 0 Å². The summed E-state index contributed by atoms with van der Waals surface area (Å²) in [4.78, 5) is 12.3. The van der Waals surface area contributed by atoms with Crippen LogP contribution in [-0.2, 0) is 21.0 Å². The molecule has 0 aromatic heterocycles. The molecular weight excluding hydrogens is 407 g/mol. The second-order valence-electron chi connectivity index (χ2n) is 6.72. The highest BCUT2D eigenvalue weighted by atomic mass is 32.2. The highest BCUT2D eigenvalue weighted by Crippen LogP contribution is 2.30. The Labute approximate surface area is 166 Å². The van der Waals surface area contributed by atoms with Crippen molar-refractivity contribution < 1.29 is 26.4 Å². The number of carbonyl (C=O) groups is 1. The number of alkyl halides is 3. The van der Waals surface area contributed by atoms with Gasteiger partial charge in [-0.2, -0.15) is 13.2 Å². The van der Waals surface area contributed by atoms with Crippen molar-refractivity contribution in [2.75, 3.05) is 27.2 Å². The van der Waals surface area contributed by atoms with Crippen LogP contribution in [0.1, 0.15) is 18.9 Å². The number of anilines is 3. The Morgan fingerprint density at radius 1 is 1.03 bits per heavy atom. The van der Waals surface area contributed by atoms with Crippen molar-refractivity contribution in [2.24, 2.45) is 0 Å². The Morgan fingerprint density at radius 2 is 1.62 bits per heavy atom. The number of hydrogen-bond acceptors (Lipinski definition) is 4. The van der Waals surface area contributed by atoms with Gasteiger partial charge in [0.2, 0.25) is 15.9 Å². The summed E-state index contributed by atoms with van der Waals surface area (Å²) < 4.78 is 63.0. The molecule has 6 nitrogen and oxygen atoms in total. The summed E-state index contributed by atoms with van der Waals surface area (Å²) in [5.41, 5.74) is 0.642. The molecule has 2 N–H and O–H groups in total. The number of amides is 1. The fourth-order valence-corrected chi connectivity index (χ4v) is 4.53. The minimum Gasteiger partial charge on any atom is -0.374 e. The topological polar surface area (TPSA) is 78.5 Å². The minimum absolute atomic E-state index is 0.133. The summed E-state index contributed by atoms with van der Waals surface area (Å²) in [6, 6.07) is 10.2. The fourth-order valence-electron chi connectivity index (χ4n) is 2.96. The molecule has 10 heteroatoms. The van der Waals surface area contributed by atoms with E-state index in [1.165, 1.54) is 16.4 Å². The van der Waals surface area contributed by atoms with Crippen LogP contribution in [0.3, 0.4) is 0 Å². The van der Waals surface area contributed by atoms with Crippen molar-refractivity contribution in [3.63, 3.8) is 0 Å². The molecule has 2 aromatic carbocycles. The zero-order chi connectivity index (χ0) is 21.2. The number of carbonyl (C=O) groups excluding carboxylic acids is 1. The van der Waals surface area contributed by atoms with Gasteiger partial charge in [0, 0.05) is 17.9 Å². The van der Waals surface area contributed by atoms with Gasteiger partial charge in [0.1, 0.15) is 6.04 Å². The SMILES string of the molecule is CC(Nc1ccc(N2CCCS2(=O)=O)cc1)C(=O)Nc1ccc(C(F)(F)F)cc1. The van der Waals surface area contributed by atoms with Crippen molar-refractivity contribution in [1.82, 2.24) is 0 Å². The van der Waals surface area contributed by atoms with Crippen LogP contribution in [0.25, 0.3) is 0 Å².